The summed E-state index contributed by atoms with van der Waals surface area (Å²) in [6.45, 7) is 0. The molecule has 0 aliphatic carbocycles. The Kier molecular flexibility index (Phi) is 7.05. The SMILES string of the molecule is Fc1ccc(-n2c3ccc(Nc4ccccc4)cc3c3cc([Si](c4ccccc4)(c4ccccc4)c4ccccc4)ccc32)cc1. The predicted octanol–water partition coefficient (Wildman–Crippen LogP) is 8.04. The molecule has 0 aliphatic heterocycles. The van der Waals surface area contributed by atoms with Gasteiger partial charge >= 0.3 is 0 Å². The van der Waals surface area contributed by atoms with E-state index < -0.39 is 8.07 Å². The summed E-state index contributed by atoms with van der Waals surface area (Å²) in [5, 5.41) is 11.2. The Labute approximate surface area is 269 Å². The Morgan fingerprint density at radius 1 is 0.413 bits per heavy atom. The molecule has 220 valence electrons. The molecule has 0 fully saturated rings. The van der Waals surface area contributed by atoms with Crippen molar-refractivity contribution >= 4 is 62.0 Å². The fourth-order valence-electron chi connectivity index (χ4n) is 6.96. The van der Waals surface area contributed by atoms with E-state index in [9.17, 15) is 4.39 Å². The largest absolute Gasteiger partial charge is 0.356 e. The van der Waals surface area contributed by atoms with Crippen molar-refractivity contribution in [2.75, 3.05) is 5.32 Å². The monoisotopic (exact) mass is 610 g/mol. The van der Waals surface area contributed by atoms with Gasteiger partial charge in [0.1, 0.15) is 5.82 Å². The number of nitrogens with zero attached hydrogens (tertiary/aromatic N) is 1. The van der Waals surface area contributed by atoms with Crippen LogP contribution in [-0.2, 0) is 0 Å². The molecule has 46 heavy (non-hydrogen) atoms. The molecule has 0 saturated carbocycles. The lowest BCUT2D eigenvalue weighted by Crippen LogP contribution is -2.74. The van der Waals surface area contributed by atoms with Crippen molar-refractivity contribution < 1.29 is 4.39 Å². The van der Waals surface area contributed by atoms with Gasteiger partial charge in [-0.05, 0) is 81.4 Å². The smallest absolute Gasteiger partial charge is 0.179 e. The normalized spacial score (nSPS) is 11.6. The number of hydrogen-bond donors (Lipinski definition) is 1. The van der Waals surface area contributed by atoms with Crippen molar-refractivity contribution in [1.29, 1.82) is 0 Å². The van der Waals surface area contributed by atoms with E-state index >= 15 is 0 Å². The van der Waals surface area contributed by atoms with Gasteiger partial charge in [0, 0.05) is 27.8 Å². The number of hydrogen-bond acceptors (Lipinski definition) is 1. The van der Waals surface area contributed by atoms with Crippen molar-refractivity contribution in [3.05, 3.63) is 188 Å². The highest BCUT2D eigenvalue weighted by atomic mass is 28.3. The van der Waals surface area contributed by atoms with E-state index in [1.165, 1.54) is 32.9 Å². The highest BCUT2D eigenvalue weighted by Gasteiger charge is 2.41. The Bertz CT molecular complexity index is 2170. The molecule has 7 aromatic carbocycles. The highest BCUT2D eigenvalue weighted by molar-refractivity contribution is 7.20. The highest BCUT2D eigenvalue weighted by Crippen LogP contribution is 2.34. The van der Waals surface area contributed by atoms with Crippen molar-refractivity contribution in [3.8, 4) is 5.69 Å². The number of fused-ring (bicyclic) bond motifs is 3. The molecule has 0 spiro atoms. The summed E-state index contributed by atoms with van der Waals surface area (Å²) in [4.78, 5) is 0. The number of para-hydroxylation sites is 1. The van der Waals surface area contributed by atoms with Crippen LogP contribution in [0.1, 0.15) is 0 Å². The minimum atomic E-state index is -2.73. The van der Waals surface area contributed by atoms with Crippen LogP contribution in [0.15, 0.2) is 182 Å². The first-order chi connectivity index (χ1) is 22.7. The van der Waals surface area contributed by atoms with E-state index in [2.05, 4.69) is 149 Å². The number of aromatic nitrogens is 1. The molecule has 0 radical (unpaired) electrons. The van der Waals surface area contributed by atoms with E-state index in [1.807, 2.05) is 30.3 Å². The second-order valence-electron chi connectivity index (χ2n) is 11.6. The van der Waals surface area contributed by atoms with Crippen LogP contribution in [0.25, 0.3) is 27.5 Å². The summed E-state index contributed by atoms with van der Waals surface area (Å²) >= 11 is 0. The summed E-state index contributed by atoms with van der Waals surface area (Å²) in [5.74, 6) is -0.245. The number of rotatable bonds is 7. The van der Waals surface area contributed by atoms with Gasteiger partial charge in [-0.1, -0.05) is 121 Å². The van der Waals surface area contributed by atoms with Gasteiger partial charge in [-0.3, -0.25) is 0 Å². The van der Waals surface area contributed by atoms with Gasteiger partial charge in [0.15, 0.2) is 8.07 Å². The lowest BCUT2D eigenvalue weighted by molar-refractivity contribution is 0.627. The van der Waals surface area contributed by atoms with Gasteiger partial charge in [0.05, 0.1) is 11.0 Å². The molecule has 1 heterocycles. The lowest BCUT2D eigenvalue weighted by Gasteiger charge is -2.34. The zero-order valence-electron chi connectivity index (χ0n) is 25.1. The zero-order chi connectivity index (χ0) is 30.9. The average Bonchev–Trinajstić information content (AvgIpc) is 3.44. The maximum atomic E-state index is 14.1. The lowest BCUT2D eigenvalue weighted by atomic mass is 10.1. The predicted molar refractivity (Wildman–Crippen MR) is 194 cm³/mol. The van der Waals surface area contributed by atoms with Crippen molar-refractivity contribution in [1.82, 2.24) is 4.57 Å². The maximum Gasteiger partial charge on any atom is 0.179 e. The van der Waals surface area contributed by atoms with Gasteiger partial charge in [-0.25, -0.2) is 4.39 Å². The quantitative estimate of drug-likeness (QED) is 0.143. The zero-order valence-corrected chi connectivity index (χ0v) is 26.1. The van der Waals surface area contributed by atoms with Gasteiger partial charge in [0.2, 0.25) is 0 Å². The number of benzene rings is 7. The van der Waals surface area contributed by atoms with E-state index in [0.29, 0.717) is 0 Å². The number of halogens is 1. The molecule has 8 aromatic rings. The van der Waals surface area contributed by atoms with E-state index in [4.69, 9.17) is 0 Å². The molecule has 4 heteroatoms. The van der Waals surface area contributed by atoms with Crippen LogP contribution < -0.4 is 26.1 Å². The second-order valence-corrected chi connectivity index (χ2v) is 15.4. The van der Waals surface area contributed by atoms with Crippen LogP contribution in [0.2, 0.25) is 0 Å². The van der Waals surface area contributed by atoms with Crippen LogP contribution in [0.4, 0.5) is 15.8 Å². The third kappa shape index (κ3) is 4.71. The summed E-state index contributed by atoms with van der Waals surface area (Å²) in [7, 11) is -2.73. The minimum Gasteiger partial charge on any atom is -0.356 e. The Morgan fingerprint density at radius 3 is 1.43 bits per heavy atom. The molecule has 0 saturated heterocycles. The molecule has 0 amide bonds. The molecule has 0 aliphatic rings. The Hall–Kier alpha value is -5.71. The fraction of sp³-hybridized carbons (Fsp3) is 0. The number of nitrogens with one attached hydrogen (secondary N) is 1. The molecular formula is C42H31FN2Si. The van der Waals surface area contributed by atoms with Gasteiger partial charge in [-0.15, -0.1) is 0 Å². The van der Waals surface area contributed by atoms with Crippen LogP contribution in [-0.4, -0.2) is 12.6 Å². The third-order valence-corrected chi connectivity index (χ3v) is 13.7. The topological polar surface area (TPSA) is 17.0 Å². The van der Waals surface area contributed by atoms with E-state index in [1.54, 1.807) is 0 Å². The summed E-state index contributed by atoms with van der Waals surface area (Å²) < 4.78 is 16.3. The summed E-state index contributed by atoms with van der Waals surface area (Å²) in [6, 6.07) is 63.5. The standard InChI is InChI=1S/C42H31FN2Si/c43-31-21-24-34(25-22-31)45-41-27-23-33(44-32-13-5-1-6-14-32)29-39(41)40-30-38(26-28-42(40)45)46(35-15-7-2-8-16-35,36-17-9-3-10-18-36)37-19-11-4-12-20-37/h1-30,44H. The first kappa shape index (κ1) is 27.8. The fourth-order valence-corrected chi connectivity index (χ4v) is 11.7. The molecule has 1 N–H and O–H groups in total. The number of anilines is 2. The first-order valence-electron chi connectivity index (χ1n) is 15.5. The molecule has 1 aromatic heterocycles. The van der Waals surface area contributed by atoms with Crippen LogP contribution in [0.3, 0.4) is 0 Å². The van der Waals surface area contributed by atoms with E-state index in [-0.39, 0.29) is 5.82 Å². The second kappa shape index (κ2) is 11.7. The Balaban J connectivity index is 1.45. The summed E-state index contributed by atoms with van der Waals surface area (Å²) in [6.07, 6.45) is 0. The molecule has 2 nitrogen and oxygen atoms in total. The maximum absolute atomic E-state index is 14.1. The molecule has 0 unspecified atom stereocenters. The summed E-state index contributed by atoms with van der Waals surface area (Å²) in [5.41, 5.74) is 5.13. The molecule has 0 bridgehead atoms. The van der Waals surface area contributed by atoms with Gasteiger partial charge < -0.3 is 9.88 Å². The molecule has 8 rings (SSSR count). The van der Waals surface area contributed by atoms with Gasteiger partial charge in [0.25, 0.3) is 0 Å². The Morgan fingerprint density at radius 2 is 0.891 bits per heavy atom. The van der Waals surface area contributed by atoms with Crippen LogP contribution in [0, 0.1) is 5.82 Å². The first-order valence-corrected chi connectivity index (χ1v) is 17.5. The van der Waals surface area contributed by atoms with Crippen molar-refractivity contribution in [2.45, 2.75) is 0 Å². The van der Waals surface area contributed by atoms with Gasteiger partial charge in [-0.2, -0.15) is 0 Å². The van der Waals surface area contributed by atoms with Crippen molar-refractivity contribution in [3.63, 3.8) is 0 Å². The molecular weight excluding hydrogens is 580 g/mol. The average molecular weight is 611 g/mol. The van der Waals surface area contributed by atoms with Crippen LogP contribution >= 0.6 is 0 Å². The van der Waals surface area contributed by atoms with Crippen molar-refractivity contribution in [2.24, 2.45) is 0 Å². The minimum absolute atomic E-state index is 0.245. The third-order valence-electron chi connectivity index (χ3n) is 8.97. The molecule has 0 atom stereocenters. The van der Waals surface area contributed by atoms with E-state index in [0.717, 1.165) is 38.9 Å². The van der Waals surface area contributed by atoms with Crippen LogP contribution in [0.5, 0.6) is 0 Å².